The second-order valence-corrected chi connectivity index (χ2v) is 1.56. The summed E-state index contributed by atoms with van der Waals surface area (Å²) in [5.41, 5.74) is -0.380. The molecule has 5 nitrogen and oxygen atoms in total. The fourth-order valence-electron chi connectivity index (χ4n) is 0.487. The highest BCUT2D eigenvalue weighted by Crippen LogP contribution is 2.09. The molecule has 0 amide bonds. The van der Waals surface area contributed by atoms with Gasteiger partial charge in [0.05, 0.1) is 6.20 Å². The summed E-state index contributed by atoms with van der Waals surface area (Å²) < 4.78 is 0. The molecule has 0 fully saturated rings. The molecule has 0 atom stereocenters. The minimum atomic E-state index is -1.26. The van der Waals surface area contributed by atoms with Crippen molar-refractivity contribution in [1.82, 2.24) is 9.97 Å². The van der Waals surface area contributed by atoms with Gasteiger partial charge in [-0.2, -0.15) is 0 Å². The second kappa shape index (κ2) is 2.30. The predicted octanol–water partition coefficient (Wildman–Crippen LogP) is -0.120. The van der Waals surface area contributed by atoms with E-state index in [9.17, 15) is 4.79 Å². The Morgan fingerprint density at radius 1 is 1.60 bits per heavy atom. The van der Waals surface area contributed by atoms with Crippen molar-refractivity contribution in [3.63, 3.8) is 0 Å². The average molecular weight is 140 g/mol. The molecule has 0 bridgehead atoms. The van der Waals surface area contributed by atoms with Crippen LogP contribution in [0.15, 0.2) is 12.5 Å². The Morgan fingerprint density at radius 2 is 2.30 bits per heavy atom. The van der Waals surface area contributed by atoms with Crippen LogP contribution >= 0.6 is 0 Å². The third-order valence-electron chi connectivity index (χ3n) is 0.896. The van der Waals surface area contributed by atoms with Gasteiger partial charge < -0.3 is 10.2 Å². The maximum absolute atomic E-state index is 10.2. The van der Waals surface area contributed by atoms with E-state index >= 15 is 0 Å². The van der Waals surface area contributed by atoms with Crippen LogP contribution in [0.3, 0.4) is 0 Å². The summed E-state index contributed by atoms with van der Waals surface area (Å²) in [7, 11) is 0. The van der Waals surface area contributed by atoms with E-state index in [1.54, 1.807) is 0 Å². The molecule has 0 saturated heterocycles. The summed E-state index contributed by atoms with van der Waals surface area (Å²) >= 11 is 0. The van der Waals surface area contributed by atoms with Crippen molar-refractivity contribution >= 4 is 5.97 Å². The predicted molar refractivity (Wildman–Crippen MR) is 30.7 cm³/mol. The molecule has 1 rings (SSSR count). The number of rotatable bonds is 1. The molecule has 52 valence electrons. The quantitative estimate of drug-likeness (QED) is 0.568. The van der Waals surface area contributed by atoms with Crippen LogP contribution in [-0.4, -0.2) is 26.2 Å². The number of nitrogens with zero attached hydrogens (tertiary/aromatic N) is 2. The molecule has 1 heterocycles. The van der Waals surface area contributed by atoms with Crippen LogP contribution in [0.4, 0.5) is 0 Å². The van der Waals surface area contributed by atoms with Crippen LogP contribution in [-0.2, 0) is 0 Å². The topological polar surface area (TPSA) is 83.3 Å². The summed E-state index contributed by atoms with van der Waals surface area (Å²) in [6, 6.07) is 0. The molecule has 2 N–H and O–H groups in total. The number of aromatic carboxylic acids is 1. The third-order valence-corrected chi connectivity index (χ3v) is 0.896. The van der Waals surface area contributed by atoms with Crippen LogP contribution in [0, 0.1) is 0 Å². The molecule has 0 aromatic carbocycles. The average Bonchev–Trinajstić information content (AvgIpc) is 1.88. The highest BCUT2D eigenvalue weighted by atomic mass is 16.4. The summed E-state index contributed by atoms with van der Waals surface area (Å²) in [6.45, 7) is 0. The molecule has 0 aliphatic carbocycles. The summed E-state index contributed by atoms with van der Waals surface area (Å²) in [5, 5.41) is 17.1. The first-order valence-corrected chi connectivity index (χ1v) is 2.44. The first kappa shape index (κ1) is 6.47. The molecule has 10 heavy (non-hydrogen) atoms. The molecule has 0 unspecified atom stereocenters. The Kier molecular flexibility index (Phi) is 1.49. The zero-order valence-electron chi connectivity index (χ0n) is 4.85. The molecule has 0 aliphatic rings. The Morgan fingerprint density at radius 3 is 2.70 bits per heavy atom. The van der Waals surface area contributed by atoms with Gasteiger partial charge in [-0.15, -0.1) is 0 Å². The van der Waals surface area contributed by atoms with Crippen molar-refractivity contribution in [3.05, 3.63) is 18.2 Å². The zero-order chi connectivity index (χ0) is 7.56. The number of hydrogen-bond acceptors (Lipinski definition) is 4. The molecule has 0 radical (unpaired) electrons. The first-order chi connectivity index (χ1) is 4.72. The summed E-state index contributed by atoms with van der Waals surface area (Å²) in [4.78, 5) is 16.9. The van der Waals surface area contributed by atoms with Gasteiger partial charge in [0.25, 0.3) is 0 Å². The third kappa shape index (κ3) is 1.02. The maximum atomic E-state index is 10.2. The van der Waals surface area contributed by atoms with Gasteiger partial charge in [0.2, 0.25) is 0 Å². The maximum Gasteiger partial charge on any atom is 0.358 e. The Hall–Kier alpha value is -1.65. The van der Waals surface area contributed by atoms with Crippen molar-refractivity contribution in [2.75, 3.05) is 0 Å². The summed E-state index contributed by atoms with van der Waals surface area (Å²) in [6.07, 6.45) is 2.08. The van der Waals surface area contributed by atoms with Gasteiger partial charge in [0.15, 0.2) is 11.4 Å². The fourth-order valence-corrected chi connectivity index (χ4v) is 0.487. The van der Waals surface area contributed by atoms with Crippen molar-refractivity contribution in [1.29, 1.82) is 0 Å². The lowest BCUT2D eigenvalue weighted by molar-refractivity contribution is 0.0686. The van der Waals surface area contributed by atoms with Gasteiger partial charge in [0.1, 0.15) is 6.33 Å². The first-order valence-electron chi connectivity index (χ1n) is 2.44. The highest BCUT2D eigenvalue weighted by molar-refractivity contribution is 5.87. The largest absolute Gasteiger partial charge is 0.504 e. The highest BCUT2D eigenvalue weighted by Gasteiger charge is 2.08. The number of aromatic nitrogens is 2. The van der Waals surface area contributed by atoms with Gasteiger partial charge in [-0.25, -0.2) is 14.8 Å². The van der Waals surface area contributed by atoms with Crippen LogP contribution in [0.25, 0.3) is 0 Å². The van der Waals surface area contributed by atoms with E-state index in [0.717, 1.165) is 12.5 Å². The smallest absolute Gasteiger partial charge is 0.358 e. The van der Waals surface area contributed by atoms with E-state index in [1.165, 1.54) is 0 Å². The molecule has 1 aromatic heterocycles. The minimum absolute atomic E-state index is 0.380. The standard InChI is InChI=1S/C5H4N2O3/c8-3-1-6-2-7-4(3)5(9)10/h1-2,8H,(H,9,10). The Balaban J connectivity index is 3.15. The van der Waals surface area contributed by atoms with E-state index < -0.39 is 11.7 Å². The van der Waals surface area contributed by atoms with Gasteiger partial charge in [-0.3, -0.25) is 0 Å². The van der Waals surface area contributed by atoms with Crippen LogP contribution in [0.1, 0.15) is 10.5 Å². The second-order valence-electron chi connectivity index (χ2n) is 1.56. The molecule has 0 saturated carbocycles. The lowest BCUT2D eigenvalue weighted by atomic mass is 10.4. The molecular formula is C5H4N2O3. The normalized spacial score (nSPS) is 9.20. The number of aromatic hydroxyl groups is 1. The van der Waals surface area contributed by atoms with E-state index in [1.807, 2.05) is 0 Å². The molecule has 0 aliphatic heterocycles. The Bertz CT molecular complexity index is 261. The number of carboxylic acid groups (broad SMARTS) is 1. The van der Waals surface area contributed by atoms with Crippen molar-refractivity contribution in [2.45, 2.75) is 0 Å². The van der Waals surface area contributed by atoms with Gasteiger partial charge in [-0.05, 0) is 0 Å². The zero-order valence-corrected chi connectivity index (χ0v) is 4.85. The lowest BCUT2D eigenvalue weighted by Gasteiger charge is -1.93. The van der Waals surface area contributed by atoms with Crippen molar-refractivity contribution in [3.8, 4) is 5.75 Å². The minimum Gasteiger partial charge on any atom is -0.504 e. The van der Waals surface area contributed by atoms with Gasteiger partial charge >= 0.3 is 5.97 Å². The molecule has 5 heteroatoms. The fraction of sp³-hybridized carbons (Fsp3) is 0. The molecular weight excluding hydrogens is 136 g/mol. The molecule has 1 aromatic rings. The summed E-state index contributed by atoms with van der Waals surface area (Å²) in [5.74, 6) is -1.69. The van der Waals surface area contributed by atoms with Crippen LogP contribution in [0.2, 0.25) is 0 Å². The van der Waals surface area contributed by atoms with Crippen molar-refractivity contribution < 1.29 is 15.0 Å². The van der Waals surface area contributed by atoms with E-state index in [4.69, 9.17) is 10.2 Å². The SMILES string of the molecule is O=C(O)c1ncncc1O. The number of carbonyl (C=O) groups is 1. The van der Waals surface area contributed by atoms with E-state index in [-0.39, 0.29) is 5.69 Å². The van der Waals surface area contributed by atoms with Crippen molar-refractivity contribution in [2.24, 2.45) is 0 Å². The van der Waals surface area contributed by atoms with E-state index in [0.29, 0.717) is 0 Å². The van der Waals surface area contributed by atoms with E-state index in [2.05, 4.69) is 9.97 Å². The Labute approximate surface area is 56.0 Å². The van der Waals surface area contributed by atoms with Gasteiger partial charge in [0, 0.05) is 0 Å². The number of hydrogen-bond donors (Lipinski definition) is 2. The van der Waals surface area contributed by atoms with Crippen LogP contribution < -0.4 is 0 Å². The molecule has 0 spiro atoms. The monoisotopic (exact) mass is 140 g/mol. The van der Waals surface area contributed by atoms with Crippen LogP contribution in [0.5, 0.6) is 5.75 Å². The van der Waals surface area contributed by atoms with Gasteiger partial charge in [-0.1, -0.05) is 0 Å². The number of carboxylic acids is 1. The lowest BCUT2D eigenvalue weighted by Crippen LogP contribution is -2.00.